The molecule has 0 N–H and O–H groups in total. The summed E-state index contributed by atoms with van der Waals surface area (Å²) < 4.78 is 8.25. The molecule has 0 aliphatic carbocycles. The fourth-order valence-corrected chi connectivity index (χ4v) is 0. The van der Waals surface area contributed by atoms with Gasteiger partial charge in [-0.25, -0.2) is 0 Å². The molecule has 6 heteroatoms. The van der Waals surface area contributed by atoms with Crippen LogP contribution in [-0.4, -0.2) is 36.2 Å². The number of rotatable bonds is 0. The summed E-state index contributed by atoms with van der Waals surface area (Å²) in [6.45, 7) is 0. The molecule has 37 valence electrons. The Kier molecular flexibility index (Phi) is 306. The Morgan fingerprint density at radius 3 is 1.17 bits per heavy atom. The van der Waals surface area contributed by atoms with Gasteiger partial charge in [-0.15, -0.1) is 0 Å². The molecule has 0 aliphatic rings. The topological polar surface area (TPSA) is 17.1 Å². The van der Waals surface area contributed by atoms with Crippen molar-refractivity contribution in [2.75, 3.05) is 0 Å². The van der Waals surface area contributed by atoms with Gasteiger partial charge in [0.05, 0.1) is 0 Å². The Labute approximate surface area is 91.9 Å². The molecule has 0 aromatic heterocycles. The summed E-state index contributed by atoms with van der Waals surface area (Å²) in [7, 11) is 0. The summed E-state index contributed by atoms with van der Waals surface area (Å²) in [5, 5.41) is 0. The average Bonchev–Trinajstić information content (AvgIpc) is 1.00. The van der Waals surface area contributed by atoms with Gasteiger partial charge in [-0.2, -0.15) is 0 Å². The first-order chi connectivity index (χ1) is 1.00. The number of hydrogen-bond donors (Lipinski definition) is 0. The van der Waals surface area contributed by atoms with Gasteiger partial charge in [0.2, 0.25) is 0 Å². The minimum absolute atomic E-state index is 0. The monoisotopic (exact) mass is 219 g/mol. The Morgan fingerprint density at radius 1 is 1.17 bits per heavy atom. The summed E-state index contributed by atoms with van der Waals surface area (Å²) >= 11 is 0.750. The molecule has 0 saturated carbocycles. The summed E-state index contributed by atoms with van der Waals surface area (Å²) in [5.74, 6) is 0. The molecule has 0 spiro atoms. The van der Waals surface area contributed by atoms with Gasteiger partial charge >= 0.3 is 42.6 Å². The molecule has 0 aromatic rings. The van der Waals surface area contributed by atoms with E-state index in [1.54, 1.807) is 0 Å². The van der Waals surface area contributed by atoms with Crippen LogP contribution in [0.25, 0.3) is 0 Å². The van der Waals surface area contributed by atoms with Crippen LogP contribution >= 0.6 is 0 Å². The average molecular weight is 219 g/mol. The van der Waals surface area contributed by atoms with Crippen molar-refractivity contribution in [3.63, 3.8) is 0 Å². The van der Waals surface area contributed by atoms with E-state index < -0.39 is 0 Å². The van der Waals surface area contributed by atoms with Crippen LogP contribution in [0.5, 0.6) is 0 Å². The van der Waals surface area contributed by atoms with Crippen LogP contribution in [0, 0.1) is 0 Å². The molecule has 0 unspecified atom stereocenters. The zero-order valence-electron chi connectivity index (χ0n) is 1.56. The Morgan fingerprint density at radius 2 is 1.17 bits per heavy atom. The first kappa shape index (κ1) is 38.0. The van der Waals surface area contributed by atoms with Gasteiger partial charge in [0.1, 0.15) is 0 Å². The predicted molar refractivity (Wildman–Crippen MR) is 17.8 cm³/mol. The van der Waals surface area contributed by atoms with Crippen molar-refractivity contribution >= 4 is 36.2 Å². The molecule has 6 heavy (non-hydrogen) atoms. The normalized spacial score (nSPS) is 0.500. The molecule has 0 aromatic carbocycles. The first-order valence-corrected chi connectivity index (χ1v) is 0.842. The molecule has 0 aliphatic heterocycles. The Hall–Kier alpha value is 2.64. The van der Waals surface area contributed by atoms with E-state index in [1.165, 1.54) is 0 Å². The van der Waals surface area contributed by atoms with E-state index in [0.717, 1.165) is 20.4 Å². The van der Waals surface area contributed by atoms with Crippen LogP contribution in [-0.2, 0) is 57.0 Å². The molecular weight excluding hydrogens is 215 g/mol. The molecule has 0 fully saturated rings. The third-order valence-electron chi connectivity index (χ3n) is 0. The van der Waals surface area contributed by atoms with Crippen LogP contribution in [0.4, 0.5) is 0 Å². The Balaban J connectivity index is -0.000000000833. The van der Waals surface area contributed by atoms with Crippen molar-refractivity contribution in [2.45, 2.75) is 0 Å². The van der Waals surface area contributed by atoms with Crippen molar-refractivity contribution < 1.29 is 57.0 Å². The molecule has 1 radical (unpaired) electrons. The zero-order valence-corrected chi connectivity index (χ0v) is 5.15. The summed E-state index contributed by atoms with van der Waals surface area (Å²) in [6.07, 6.45) is 0. The third kappa shape index (κ3) is 30.3. The van der Waals surface area contributed by atoms with E-state index in [0.29, 0.717) is 0 Å². The second-order valence-corrected chi connectivity index (χ2v) is 0. The zero-order chi connectivity index (χ0) is 2.00. The van der Waals surface area contributed by atoms with Crippen molar-refractivity contribution in [2.24, 2.45) is 0 Å². The predicted octanol–water partition coefficient (Wildman–Crippen LogP) is -1.96. The van der Waals surface area contributed by atoms with Crippen molar-refractivity contribution in [3.05, 3.63) is 0 Å². The van der Waals surface area contributed by atoms with Gasteiger partial charge in [-0.1, -0.05) is 0 Å². The maximum atomic E-state index is 8.25. The molecule has 0 heterocycles. The van der Waals surface area contributed by atoms with E-state index in [-0.39, 0.29) is 69.5 Å². The molecule has 0 atom stereocenters. The van der Waals surface area contributed by atoms with Crippen molar-refractivity contribution in [1.29, 1.82) is 0 Å². The Bertz CT molecular complexity index is 15.5. The SMILES string of the molecule is [AlH3].[Co].[LiH].[Ni].[O]=[Ti]. The van der Waals surface area contributed by atoms with Gasteiger partial charge in [0, 0.05) is 33.3 Å². The van der Waals surface area contributed by atoms with Crippen LogP contribution in [0.15, 0.2) is 0 Å². The molecule has 0 saturated heterocycles. The number of hydrogen-bond acceptors (Lipinski definition) is 1. The van der Waals surface area contributed by atoms with Crippen molar-refractivity contribution in [1.82, 2.24) is 0 Å². The molecular formula is H4AlCoLiNiOTi. The van der Waals surface area contributed by atoms with Gasteiger partial charge in [0.15, 0.2) is 17.4 Å². The molecule has 0 rings (SSSR count). The van der Waals surface area contributed by atoms with Crippen LogP contribution in [0.2, 0.25) is 0 Å². The maximum absolute atomic E-state index is 8.25. The van der Waals surface area contributed by atoms with Gasteiger partial charge in [-0.3, -0.25) is 0 Å². The van der Waals surface area contributed by atoms with E-state index in [4.69, 9.17) is 3.32 Å². The van der Waals surface area contributed by atoms with Gasteiger partial charge in [-0.05, 0) is 0 Å². The van der Waals surface area contributed by atoms with Crippen molar-refractivity contribution in [3.8, 4) is 0 Å². The second-order valence-electron chi connectivity index (χ2n) is 0. The summed E-state index contributed by atoms with van der Waals surface area (Å²) in [6, 6.07) is 0. The van der Waals surface area contributed by atoms with E-state index >= 15 is 0 Å². The fourth-order valence-electron chi connectivity index (χ4n) is 0. The van der Waals surface area contributed by atoms with E-state index in [9.17, 15) is 0 Å². The fraction of sp³-hybridized carbons (Fsp3) is 0. The van der Waals surface area contributed by atoms with Gasteiger partial charge in [0.25, 0.3) is 0 Å². The van der Waals surface area contributed by atoms with E-state index in [1.807, 2.05) is 0 Å². The first-order valence-electron chi connectivity index (χ1n) is 0.204. The van der Waals surface area contributed by atoms with Crippen LogP contribution in [0.3, 0.4) is 0 Å². The minimum atomic E-state index is 0. The summed E-state index contributed by atoms with van der Waals surface area (Å²) in [4.78, 5) is 0. The quantitative estimate of drug-likeness (QED) is 0.433. The van der Waals surface area contributed by atoms with Crippen LogP contribution in [0.1, 0.15) is 0 Å². The molecule has 1 nitrogen and oxygen atoms in total. The molecule has 0 bridgehead atoms. The van der Waals surface area contributed by atoms with Crippen LogP contribution < -0.4 is 0 Å². The summed E-state index contributed by atoms with van der Waals surface area (Å²) in [5.41, 5.74) is 0. The molecule has 0 amide bonds. The van der Waals surface area contributed by atoms with E-state index in [2.05, 4.69) is 0 Å². The van der Waals surface area contributed by atoms with Gasteiger partial charge < -0.3 is 0 Å². The standard InChI is InChI=1S/Al.Co.Li.Ni.O.Ti.4H. The second kappa shape index (κ2) is 48.3. The third-order valence-corrected chi connectivity index (χ3v) is 0.